The molecule has 1 atom stereocenters. The van der Waals surface area contributed by atoms with E-state index in [4.69, 9.17) is 15.2 Å². The molecule has 5 heteroatoms. The summed E-state index contributed by atoms with van der Waals surface area (Å²) in [6.07, 6.45) is -0.520. The Morgan fingerprint density at radius 2 is 1.79 bits per heavy atom. The fourth-order valence-corrected chi connectivity index (χ4v) is 1.77. The van der Waals surface area contributed by atoms with E-state index < -0.39 is 6.29 Å². The van der Waals surface area contributed by atoms with Crippen molar-refractivity contribution in [3.63, 3.8) is 0 Å². The molecule has 19 heavy (non-hydrogen) atoms. The number of carbonyl (C=O) groups is 1. The summed E-state index contributed by atoms with van der Waals surface area (Å²) in [7, 11) is 0. The molecule has 0 radical (unpaired) electrons. The van der Waals surface area contributed by atoms with E-state index in [-0.39, 0.29) is 18.5 Å². The number of amides is 1. The van der Waals surface area contributed by atoms with Crippen LogP contribution in [0.1, 0.15) is 25.5 Å². The third-order valence-electron chi connectivity index (χ3n) is 2.59. The van der Waals surface area contributed by atoms with E-state index in [2.05, 4.69) is 5.32 Å². The van der Waals surface area contributed by atoms with Gasteiger partial charge in [-0.15, -0.1) is 0 Å². The molecule has 1 aromatic carbocycles. The van der Waals surface area contributed by atoms with Crippen LogP contribution in [-0.4, -0.2) is 32.0 Å². The maximum Gasteiger partial charge on any atom is 0.234 e. The second-order valence-electron chi connectivity index (χ2n) is 3.94. The van der Waals surface area contributed by atoms with Crippen LogP contribution in [0.25, 0.3) is 0 Å². The number of carbonyl (C=O) groups excluding carboxylic acids is 1. The van der Waals surface area contributed by atoms with Gasteiger partial charge in [-0.1, -0.05) is 30.3 Å². The van der Waals surface area contributed by atoms with E-state index in [1.165, 1.54) is 0 Å². The first-order valence-corrected chi connectivity index (χ1v) is 6.50. The van der Waals surface area contributed by atoms with E-state index in [1.54, 1.807) is 0 Å². The lowest BCUT2D eigenvalue weighted by atomic mass is 10.1. The van der Waals surface area contributed by atoms with Gasteiger partial charge in [0.15, 0.2) is 6.29 Å². The number of hydrogen-bond donors (Lipinski definition) is 2. The number of rotatable bonds is 8. The molecule has 1 unspecified atom stereocenters. The monoisotopic (exact) mass is 266 g/mol. The maximum absolute atomic E-state index is 11.6. The summed E-state index contributed by atoms with van der Waals surface area (Å²) >= 11 is 0. The van der Waals surface area contributed by atoms with Crippen molar-refractivity contribution >= 4 is 5.91 Å². The molecule has 0 spiro atoms. The highest BCUT2D eigenvalue weighted by Crippen LogP contribution is 2.20. The standard InChI is InChI=1S/C14H22N2O3/c1-3-18-14(19-4-2)13(16-12(17)10-15)11-8-6-5-7-9-11/h5-9,13-14H,3-4,10,15H2,1-2H3,(H,16,17). The highest BCUT2D eigenvalue weighted by atomic mass is 16.7. The number of ether oxygens (including phenoxy) is 2. The molecular weight excluding hydrogens is 244 g/mol. The van der Waals surface area contributed by atoms with Crippen molar-refractivity contribution < 1.29 is 14.3 Å². The largest absolute Gasteiger partial charge is 0.350 e. The van der Waals surface area contributed by atoms with Crippen LogP contribution in [0.5, 0.6) is 0 Å². The molecule has 0 aliphatic rings. The van der Waals surface area contributed by atoms with E-state index in [9.17, 15) is 4.79 Å². The molecule has 0 aliphatic heterocycles. The molecular formula is C14H22N2O3. The van der Waals surface area contributed by atoms with Crippen LogP contribution >= 0.6 is 0 Å². The molecule has 0 fully saturated rings. The van der Waals surface area contributed by atoms with Crippen molar-refractivity contribution in [3.05, 3.63) is 35.9 Å². The van der Waals surface area contributed by atoms with E-state index in [0.717, 1.165) is 5.56 Å². The average molecular weight is 266 g/mol. The van der Waals surface area contributed by atoms with Crippen LogP contribution in [-0.2, 0) is 14.3 Å². The van der Waals surface area contributed by atoms with E-state index in [0.29, 0.717) is 13.2 Å². The average Bonchev–Trinajstić information content (AvgIpc) is 2.45. The maximum atomic E-state index is 11.6. The van der Waals surface area contributed by atoms with Crippen molar-refractivity contribution in [2.75, 3.05) is 19.8 Å². The number of nitrogens with two attached hydrogens (primary N) is 1. The SMILES string of the molecule is CCOC(OCC)C(NC(=O)CN)c1ccccc1. The Labute approximate surface area is 114 Å². The van der Waals surface area contributed by atoms with Gasteiger partial charge in [0, 0.05) is 13.2 Å². The zero-order valence-electron chi connectivity index (χ0n) is 11.5. The minimum Gasteiger partial charge on any atom is -0.350 e. The zero-order valence-corrected chi connectivity index (χ0v) is 11.5. The summed E-state index contributed by atoms with van der Waals surface area (Å²) in [6, 6.07) is 9.22. The summed E-state index contributed by atoms with van der Waals surface area (Å²) in [6.45, 7) is 4.73. The Bertz CT molecular complexity index is 364. The first-order chi connectivity index (χ1) is 9.22. The van der Waals surface area contributed by atoms with Gasteiger partial charge in [0.2, 0.25) is 5.91 Å². The molecule has 1 aromatic rings. The Kier molecular flexibility index (Phi) is 7.10. The van der Waals surface area contributed by atoms with Gasteiger partial charge >= 0.3 is 0 Å². The minimum atomic E-state index is -0.520. The van der Waals surface area contributed by atoms with Gasteiger partial charge in [-0.2, -0.15) is 0 Å². The van der Waals surface area contributed by atoms with Gasteiger partial charge in [-0.05, 0) is 19.4 Å². The Morgan fingerprint density at radius 1 is 1.21 bits per heavy atom. The summed E-state index contributed by atoms with van der Waals surface area (Å²) < 4.78 is 11.1. The van der Waals surface area contributed by atoms with Gasteiger partial charge in [0.05, 0.1) is 6.54 Å². The van der Waals surface area contributed by atoms with Crippen LogP contribution in [0.15, 0.2) is 30.3 Å². The highest BCUT2D eigenvalue weighted by molar-refractivity contribution is 5.78. The molecule has 0 aliphatic carbocycles. The lowest BCUT2D eigenvalue weighted by Gasteiger charge is -2.27. The van der Waals surface area contributed by atoms with Gasteiger partial charge in [-0.3, -0.25) is 4.79 Å². The molecule has 1 amide bonds. The Hall–Kier alpha value is -1.43. The normalized spacial score (nSPS) is 12.4. The summed E-state index contributed by atoms with van der Waals surface area (Å²) in [5, 5.41) is 2.84. The molecule has 0 aromatic heterocycles. The third kappa shape index (κ3) is 4.98. The number of nitrogens with one attached hydrogen (secondary N) is 1. The molecule has 0 bridgehead atoms. The van der Waals surface area contributed by atoms with Crippen LogP contribution in [0.4, 0.5) is 0 Å². The summed E-state index contributed by atoms with van der Waals surface area (Å²) in [5.41, 5.74) is 6.28. The van der Waals surface area contributed by atoms with Crippen molar-refractivity contribution in [1.82, 2.24) is 5.32 Å². The quantitative estimate of drug-likeness (QED) is 0.693. The van der Waals surface area contributed by atoms with Crippen molar-refractivity contribution in [2.45, 2.75) is 26.2 Å². The Balaban J connectivity index is 2.92. The van der Waals surface area contributed by atoms with Crippen molar-refractivity contribution in [3.8, 4) is 0 Å². The first kappa shape index (κ1) is 15.6. The predicted molar refractivity (Wildman–Crippen MR) is 73.4 cm³/mol. The second kappa shape index (κ2) is 8.63. The zero-order chi connectivity index (χ0) is 14.1. The molecule has 3 N–H and O–H groups in total. The van der Waals surface area contributed by atoms with Crippen molar-refractivity contribution in [1.29, 1.82) is 0 Å². The Morgan fingerprint density at radius 3 is 2.26 bits per heavy atom. The highest BCUT2D eigenvalue weighted by Gasteiger charge is 2.25. The fraction of sp³-hybridized carbons (Fsp3) is 0.500. The number of hydrogen-bond acceptors (Lipinski definition) is 4. The smallest absolute Gasteiger partial charge is 0.234 e. The lowest BCUT2D eigenvalue weighted by molar-refractivity contribution is -0.159. The molecule has 5 nitrogen and oxygen atoms in total. The third-order valence-corrected chi connectivity index (χ3v) is 2.59. The topological polar surface area (TPSA) is 73.6 Å². The minimum absolute atomic E-state index is 0.0612. The molecule has 1 rings (SSSR count). The van der Waals surface area contributed by atoms with Crippen LogP contribution in [0, 0.1) is 0 Å². The first-order valence-electron chi connectivity index (χ1n) is 6.50. The van der Waals surface area contributed by atoms with Crippen LogP contribution in [0.2, 0.25) is 0 Å². The van der Waals surface area contributed by atoms with Gasteiger partial charge in [0.1, 0.15) is 6.04 Å². The van der Waals surface area contributed by atoms with Crippen molar-refractivity contribution in [2.24, 2.45) is 5.73 Å². The van der Waals surface area contributed by atoms with Gasteiger partial charge < -0.3 is 20.5 Å². The molecule has 0 heterocycles. The molecule has 0 saturated carbocycles. The predicted octanol–water partition coefficient (Wildman–Crippen LogP) is 1.20. The fourth-order valence-electron chi connectivity index (χ4n) is 1.77. The van der Waals surface area contributed by atoms with Crippen LogP contribution in [0.3, 0.4) is 0 Å². The number of benzene rings is 1. The van der Waals surface area contributed by atoms with E-state index in [1.807, 2.05) is 44.2 Å². The summed E-state index contributed by atoms with van der Waals surface area (Å²) in [5.74, 6) is -0.238. The summed E-state index contributed by atoms with van der Waals surface area (Å²) in [4.78, 5) is 11.6. The van der Waals surface area contributed by atoms with E-state index >= 15 is 0 Å². The second-order valence-corrected chi connectivity index (χ2v) is 3.94. The van der Waals surface area contributed by atoms with Crippen LogP contribution < -0.4 is 11.1 Å². The lowest BCUT2D eigenvalue weighted by Crippen LogP contribution is -2.41. The molecule has 0 saturated heterocycles. The van der Waals surface area contributed by atoms with Gasteiger partial charge in [-0.25, -0.2) is 0 Å². The van der Waals surface area contributed by atoms with Gasteiger partial charge in [0.25, 0.3) is 0 Å². The molecule has 106 valence electrons.